The molecule has 100 valence electrons. The zero-order valence-electron chi connectivity index (χ0n) is 11.2. The minimum absolute atomic E-state index is 0.448. The molecule has 17 heavy (non-hydrogen) atoms. The van der Waals surface area contributed by atoms with E-state index in [0.717, 1.165) is 38.5 Å². The first-order chi connectivity index (χ1) is 8.23. The van der Waals surface area contributed by atoms with Gasteiger partial charge in [0.05, 0.1) is 5.60 Å². The van der Waals surface area contributed by atoms with Crippen LogP contribution in [0.2, 0.25) is 0 Å². The maximum absolute atomic E-state index is 10.4. The van der Waals surface area contributed by atoms with E-state index in [2.05, 4.69) is 10.2 Å². The minimum Gasteiger partial charge on any atom is -0.388 e. The summed E-state index contributed by atoms with van der Waals surface area (Å²) in [7, 11) is 1.93. The maximum Gasteiger partial charge on any atom is 0.0795 e. The number of rotatable bonds is 3. The van der Waals surface area contributed by atoms with Crippen LogP contribution in [0.5, 0.6) is 0 Å². The van der Waals surface area contributed by atoms with Crippen molar-refractivity contribution in [2.75, 3.05) is 26.7 Å². The lowest BCUT2D eigenvalue weighted by molar-refractivity contribution is -0.0299. The molecule has 1 heterocycles. The number of nitrogens with one attached hydrogen (secondary N) is 1. The summed E-state index contributed by atoms with van der Waals surface area (Å²) in [6.07, 6.45) is 10.3. The quantitative estimate of drug-likeness (QED) is 0.738. The molecule has 2 fully saturated rings. The third-order valence-electron chi connectivity index (χ3n) is 4.58. The molecule has 0 radical (unpaired) electrons. The average Bonchev–Trinajstić information content (AvgIpc) is 2.59. The minimum atomic E-state index is -0.448. The van der Waals surface area contributed by atoms with E-state index in [1.54, 1.807) is 0 Å². The predicted molar refractivity (Wildman–Crippen MR) is 71.2 cm³/mol. The molecule has 3 nitrogen and oxygen atoms in total. The van der Waals surface area contributed by atoms with Crippen LogP contribution >= 0.6 is 0 Å². The van der Waals surface area contributed by atoms with Gasteiger partial charge in [0.15, 0.2) is 0 Å². The Hall–Kier alpha value is -0.120. The molecule has 1 saturated carbocycles. The van der Waals surface area contributed by atoms with Crippen molar-refractivity contribution in [3.63, 3.8) is 0 Å². The molecular formula is C14H28N2O. The van der Waals surface area contributed by atoms with Crippen LogP contribution in [0.4, 0.5) is 0 Å². The van der Waals surface area contributed by atoms with E-state index in [1.807, 2.05) is 7.05 Å². The number of hydrogen-bond donors (Lipinski definition) is 2. The molecule has 0 atom stereocenters. The summed E-state index contributed by atoms with van der Waals surface area (Å²) >= 11 is 0. The van der Waals surface area contributed by atoms with E-state index in [0.29, 0.717) is 0 Å². The Morgan fingerprint density at radius 3 is 2.24 bits per heavy atom. The number of hydrogen-bond acceptors (Lipinski definition) is 3. The molecule has 1 saturated heterocycles. The lowest BCUT2D eigenvalue weighted by atomic mass is 9.90. The molecular weight excluding hydrogens is 212 g/mol. The van der Waals surface area contributed by atoms with Crippen molar-refractivity contribution in [3.8, 4) is 0 Å². The average molecular weight is 240 g/mol. The molecule has 0 aromatic heterocycles. The van der Waals surface area contributed by atoms with Crippen LogP contribution < -0.4 is 5.32 Å². The first-order valence-electron chi connectivity index (χ1n) is 7.34. The molecule has 2 rings (SSSR count). The Morgan fingerprint density at radius 2 is 1.71 bits per heavy atom. The Bertz CT molecular complexity index is 216. The fraction of sp³-hybridized carbons (Fsp3) is 1.00. The number of aliphatic hydroxyl groups is 1. The van der Waals surface area contributed by atoms with Gasteiger partial charge in [0, 0.05) is 25.7 Å². The summed E-state index contributed by atoms with van der Waals surface area (Å²) in [6, 6.07) is 0.802. The van der Waals surface area contributed by atoms with Gasteiger partial charge in [-0.15, -0.1) is 0 Å². The van der Waals surface area contributed by atoms with Crippen molar-refractivity contribution in [1.82, 2.24) is 10.2 Å². The van der Waals surface area contributed by atoms with Gasteiger partial charge in [-0.2, -0.15) is 0 Å². The second-order valence-electron chi connectivity index (χ2n) is 5.94. The smallest absolute Gasteiger partial charge is 0.0795 e. The van der Waals surface area contributed by atoms with Gasteiger partial charge in [0.1, 0.15) is 0 Å². The number of likely N-dealkylation sites (N-methyl/N-ethyl adjacent to an activating group) is 1. The van der Waals surface area contributed by atoms with E-state index >= 15 is 0 Å². The normalized spacial score (nSPS) is 27.9. The molecule has 1 aliphatic carbocycles. The molecule has 0 aromatic rings. The zero-order chi connectivity index (χ0) is 12.1. The van der Waals surface area contributed by atoms with Crippen molar-refractivity contribution in [3.05, 3.63) is 0 Å². The van der Waals surface area contributed by atoms with Crippen molar-refractivity contribution in [1.29, 1.82) is 0 Å². The molecule has 0 unspecified atom stereocenters. The van der Waals surface area contributed by atoms with Crippen LogP contribution in [0.15, 0.2) is 0 Å². The lowest BCUT2D eigenvalue weighted by Gasteiger charge is -2.41. The Morgan fingerprint density at radius 1 is 1.12 bits per heavy atom. The van der Waals surface area contributed by atoms with E-state index in [1.165, 1.54) is 38.5 Å². The molecule has 1 aliphatic heterocycles. The zero-order valence-corrected chi connectivity index (χ0v) is 11.2. The molecule has 0 bridgehead atoms. The molecule has 0 spiro atoms. The third-order valence-corrected chi connectivity index (χ3v) is 4.58. The Balaban J connectivity index is 1.81. The monoisotopic (exact) mass is 240 g/mol. The lowest BCUT2D eigenvalue weighted by Crippen LogP contribution is -2.51. The van der Waals surface area contributed by atoms with Crippen molar-refractivity contribution in [2.24, 2.45) is 0 Å². The highest BCUT2D eigenvalue weighted by Crippen LogP contribution is 2.28. The Kier molecular flexibility index (Phi) is 4.83. The van der Waals surface area contributed by atoms with Gasteiger partial charge >= 0.3 is 0 Å². The highest BCUT2D eigenvalue weighted by atomic mass is 16.3. The largest absolute Gasteiger partial charge is 0.388 e. The molecule has 0 amide bonds. The van der Waals surface area contributed by atoms with Crippen LogP contribution in [-0.2, 0) is 0 Å². The molecule has 0 aromatic carbocycles. The number of nitrogens with zero attached hydrogens (tertiary/aromatic N) is 1. The van der Waals surface area contributed by atoms with Gasteiger partial charge in [-0.1, -0.05) is 25.7 Å². The Labute approximate surface area is 106 Å². The SMILES string of the molecule is CNCC1(O)CCN(C2CCCCCC2)CC1. The summed E-state index contributed by atoms with van der Waals surface area (Å²) in [5.41, 5.74) is -0.448. The van der Waals surface area contributed by atoms with Gasteiger partial charge in [0.25, 0.3) is 0 Å². The summed E-state index contributed by atoms with van der Waals surface area (Å²) in [6.45, 7) is 2.91. The van der Waals surface area contributed by atoms with Crippen LogP contribution in [0, 0.1) is 0 Å². The van der Waals surface area contributed by atoms with Gasteiger partial charge in [0.2, 0.25) is 0 Å². The predicted octanol–water partition coefficient (Wildman–Crippen LogP) is 1.76. The van der Waals surface area contributed by atoms with Crippen molar-refractivity contribution in [2.45, 2.75) is 63.0 Å². The number of piperidine rings is 1. The fourth-order valence-electron chi connectivity index (χ4n) is 3.43. The fourth-order valence-corrected chi connectivity index (χ4v) is 3.43. The summed E-state index contributed by atoms with van der Waals surface area (Å²) in [5.74, 6) is 0. The second kappa shape index (κ2) is 6.17. The van der Waals surface area contributed by atoms with Crippen molar-refractivity contribution < 1.29 is 5.11 Å². The molecule has 2 N–H and O–H groups in total. The summed E-state index contributed by atoms with van der Waals surface area (Å²) in [5, 5.41) is 13.5. The number of likely N-dealkylation sites (tertiary alicyclic amines) is 1. The van der Waals surface area contributed by atoms with E-state index < -0.39 is 5.60 Å². The highest BCUT2D eigenvalue weighted by Gasteiger charge is 2.33. The van der Waals surface area contributed by atoms with Gasteiger partial charge < -0.3 is 15.3 Å². The van der Waals surface area contributed by atoms with Gasteiger partial charge in [-0.25, -0.2) is 0 Å². The summed E-state index contributed by atoms with van der Waals surface area (Å²) < 4.78 is 0. The standard InChI is InChI=1S/C14H28N2O/c1-15-12-14(17)8-10-16(11-9-14)13-6-4-2-3-5-7-13/h13,15,17H,2-12H2,1H3. The topological polar surface area (TPSA) is 35.5 Å². The van der Waals surface area contributed by atoms with Crippen LogP contribution in [0.25, 0.3) is 0 Å². The first kappa shape index (κ1) is 13.3. The van der Waals surface area contributed by atoms with Crippen LogP contribution in [0.3, 0.4) is 0 Å². The highest BCUT2D eigenvalue weighted by molar-refractivity contribution is 4.89. The second-order valence-corrected chi connectivity index (χ2v) is 5.94. The van der Waals surface area contributed by atoms with Crippen LogP contribution in [-0.4, -0.2) is 48.3 Å². The van der Waals surface area contributed by atoms with Crippen molar-refractivity contribution >= 4 is 0 Å². The summed E-state index contributed by atoms with van der Waals surface area (Å²) in [4.78, 5) is 2.63. The third kappa shape index (κ3) is 3.67. The van der Waals surface area contributed by atoms with E-state index in [-0.39, 0.29) is 0 Å². The van der Waals surface area contributed by atoms with Gasteiger partial charge in [-0.05, 0) is 32.7 Å². The van der Waals surface area contributed by atoms with E-state index in [9.17, 15) is 5.11 Å². The van der Waals surface area contributed by atoms with Crippen LogP contribution in [0.1, 0.15) is 51.4 Å². The first-order valence-corrected chi connectivity index (χ1v) is 7.34. The molecule has 3 heteroatoms. The van der Waals surface area contributed by atoms with Gasteiger partial charge in [-0.3, -0.25) is 0 Å². The van der Waals surface area contributed by atoms with E-state index in [4.69, 9.17) is 0 Å². The maximum atomic E-state index is 10.4. The molecule has 2 aliphatic rings.